The van der Waals surface area contributed by atoms with E-state index in [2.05, 4.69) is 11.8 Å². The number of hydrogen-bond donors (Lipinski definition) is 0. The van der Waals surface area contributed by atoms with Crippen LogP contribution in [-0.2, 0) is 4.79 Å². The molecule has 0 radical (unpaired) electrons. The van der Waals surface area contributed by atoms with Crippen molar-refractivity contribution in [1.82, 2.24) is 4.90 Å². The van der Waals surface area contributed by atoms with Crippen LogP contribution in [0.1, 0.15) is 25.3 Å². The van der Waals surface area contributed by atoms with Crippen LogP contribution in [-0.4, -0.2) is 30.8 Å². The maximum absolute atomic E-state index is 11.6. The molecule has 0 bridgehead atoms. The summed E-state index contributed by atoms with van der Waals surface area (Å²) >= 11 is 5.83. The number of carbonyl (C=O) groups is 1. The summed E-state index contributed by atoms with van der Waals surface area (Å²) < 4.78 is 0. The Labute approximate surface area is 102 Å². The fourth-order valence-electron chi connectivity index (χ4n) is 1.60. The highest BCUT2D eigenvalue weighted by Gasteiger charge is 2.17. The van der Waals surface area contributed by atoms with E-state index in [-0.39, 0.29) is 11.7 Å². The van der Waals surface area contributed by atoms with Crippen molar-refractivity contribution in [3.8, 4) is 0 Å². The molecule has 0 aliphatic rings. The van der Waals surface area contributed by atoms with Crippen LogP contribution in [0.5, 0.6) is 0 Å². The zero-order valence-corrected chi connectivity index (χ0v) is 10.8. The standard InChI is InChI=1S/C13H18ClNO/c1-4-15(3)9-13(10(2)16)11-5-7-12(14)8-6-11/h5-8,13H,4,9H2,1-3H3. The number of carbonyl (C=O) groups excluding carboxylic acids is 1. The molecular weight excluding hydrogens is 222 g/mol. The topological polar surface area (TPSA) is 20.3 Å². The minimum absolute atomic E-state index is 0.0535. The van der Waals surface area contributed by atoms with Crippen molar-refractivity contribution in [3.05, 3.63) is 34.9 Å². The molecule has 0 heterocycles. The van der Waals surface area contributed by atoms with E-state index in [0.29, 0.717) is 5.02 Å². The predicted molar refractivity (Wildman–Crippen MR) is 68.0 cm³/mol. The van der Waals surface area contributed by atoms with Crippen LogP contribution in [0.15, 0.2) is 24.3 Å². The van der Waals surface area contributed by atoms with Crippen molar-refractivity contribution in [3.63, 3.8) is 0 Å². The number of rotatable bonds is 5. The molecule has 0 fully saturated rings. The molecule has 0 aliphatic carbocycles. The Bertz CT molecular complexity index is 347. The zero-order valence-electron chi connectivity index (χ0n) is 10.0. The largest absolute Gasteiger partial charge is 0.306 e. The Morgan fingerprint density at radius 1 is 1.38 bits per heavy atom. The maximum atomic E-state index is 11.6. The molecule has 16 heavy (non-hydrogen) atoms. The minimum Gasteiger partial charge on any atom is -0.306 e. The van der Waals surface area contributed by atoms with Gasteiger partial charge in [-0.2, -0.15) is 0 Å². The van der Waals surface area contributed by atoms with Crippen molar-refractivity contribution in [2.75, 3.05) is 20.1 Å². The van der Waals surface area contributed by atoms with Gasteiger partial charge in [0, 0.05) is 11.6 Å². The first-order valence-electron chi connectivity index (χ1n) is 5.49. The second-order valence-electron chi connectivity index (χ2n) is 4.07. The van der Waals surface area contributed by atoms with E-state index < -0.39 is 0 Å². The maximum Gasteiger partial charge on any atom is 0.138 e. The van der Waals surface area contributed by atoms with Gasteiger partial charge in [0.25, 0.3) is 0 Å². The lowest BCUT2D eigenvalue weighted by molar-refractivity contribution is -0.118. The molecule has 1 aromatic carbocycles. The van der Waals surface area contributed by atoms with Crippen molar-refractivity contribution >= 4 is 17.4 Å². The highest BCUT2D eigenvalue weighted by atomic mass is 35.5. The number of hydrogen-bond acceptors (Lipinski definition) is 2. The third-order valence-electron chi connectivity index (χ3n) is 2.80. The summed E-state index contributed by atoms with van der Waals surface area (Å²) in [5.74, 6) is 0.143. The molecule has 88 valence electrons. The van der Waals surface area contributed by atoms with Gasteiger partial charge < -0.3 is 4.90 Å². The molecule has 2 nitrogen and oxygen atoms in total. The monoisotopic (exact) mass is 239 g/mol. The number of likely N-dealkylation sites (N-methyl/N-ethyl adjacent to an activating group) is 1. The number of benzene rings is 1. The van der Waals surface area contributed by atoms with Crippen LogP contribution >= 0.6 is 11.6 Å². The lowest BCUT2D eigenvalue weighted by Crippen LogP contribution is -2.27. The van der Waals surface area contributed by atoms with Gasteiger partial charge in [0.05, 0.1) is 5.92 Å². The van der Waals surface area contributed by atoms with Crippen molar-refractivity contribution < 1.29 is 4.79 Å². The molecule has 1 atom stereocenters. The molecule has 1 unspecified atom stereocenters. The summed E-state index contributed by atoms with van der Waals surface area (Å²) in [5.41, 5.74) is 1.04. The van der Waals surface area contributed by atoms with Gasteiger partial charge in [0.2, 0.25) is 0 Å². The van der Waals surface area contributed by atoms with Crippen molar-refractivity contribution in [1.29, 1.82) is 0 Å². The average molecular weight is 240 g/mol. The smallest absolute Gasteiger partial charge is 0.138 e. The molecule has 3 heteroatoms. The molecule has 0 amide bonds. The lowest BCUT2D eigenvalue weighted by Gasteiger charge is -2.21. The minimum atomic E-state index is -0.0535. The van der Waals surface area contributed by atoms with E-state index in [1.165, 1.54) is 0 Å². The molecule has 0 saturated carbocycles. The first-order valence-corrected chi connectivity index (χ1v) is 5.86. The molecule has 0 aromatic heterocycles. The van der Waals surface area contributed by atoms with E-state index in [4.69, 9.17) is 11.6 Å². The average Bonchev–Trinajstić information content (AvgIpc) is 2.26. The normalized spacial score (nSPS) is 12.8. The van der Waals surface area contributed by atoms with Gasteiger partial charge in [-0.1, -0.05) is 30.7 Å². The number of Topliss-reactive ketones (excluding diaryl/α,β-unsaturated/α-hetero) is 1. The molecule has 0 saturated heterocycles. The van der Waals surface area contributed by atoms with Crippen LogP contribution in [0.25, 0.3) is 0 Å². The van der Waals surface area contributed by atoms with Crippen LogP contribution in [0, 0.1) is 0 Å². The highest BCUT2D eigenvalue weighted by Crippen LogP contribution is 2.20. The zero-order chi connectivity index (χ0) is 12.1. The van der Waals surface area contributed by atoms with Crippen LogP contribution in [0.4, 0.5) is 0 Å². The second kappa shape index (κ2) is 6.02. The summed E-state index contributed by atoms with van der Waals surface area (Å²) in [7, 11) is 2.02. The summed E-state index contributed by atoms with van der Waals surface area (Å²) in [6.45, 7) is 5.42. The third-order valence-corrected chi connectivity index (χ3v) is 3.05. The Kier molecular flexibility index (Phi) is 4.97. The van der Waals surface area contributed by atoms with Gasteiger partial charge in [-0.05, 0) is 38.2 Å². The summed E-state index contributed by atoms with van der Waals surface area (Å²) in [4.78, 5) is 13.8. The van der Waals surface area contributed by atoms with E-state index >= 15 is 0 Å². The Morgan fingerprint density at radius 2 is 1.94 bits per heavy atom. The molecular formula is C13H18ClNO. The quantitative estimate of drug-likeness (QED) is 0.788. The predicted octanol–water partition coefficient (Wildman–Crippen LogP) is 2.96. The molecule has 0 aliphatic heterocycles. The molecule has 0 spiro atoms. The first kappa shape index (κ1) is 13.2. The van der Waals surface area contributed by atoms with E-state index in [9.17, 15) is 4.79 Å². The first-order chi connectivity index (χ1) is 7.54. The second-order valence-corrected chi connectivity index (χ2v) is 4.51. The van der Waals surface area contributed by atoms with Gasteiger partial charge in [0.1, 0.15) is 5.78 Å². The van der Waals surface area contributed by atoms with Gasteiger partial charge in [-0.3, -0.25) is 4.79 Å². The summed E-state index contributed by atoms with van der Waals surface area (Å²) in [6.07, 6.45) is 0. The van der Waals surface area contributed by atoms with E-state index in [0.717, 1.165) is 18.7 Å². The fourth-order valence-corrected chi connectivity index (χ4v) is 1.73. The van der Waals surface area contributed by atoms with Crippen molar-refractivity contribution in [2.24, 2.45) is 0 Å². The number of ketones is 1. The van der Waals surface area contributed by atoms with Crippen LogP contribution in [0.3, 0.4) is 0 Å². The van der Waals surface area contributed by atoms with Crippen LogP contribution in [0.2, 0.25) is 5.02 Å². The summed E-state index contributed by atoms with van der Waals surface area (Å²) in [5, 5.41) is 0.704. The van der Waals surface area contributed by atoms with E-state index in [1.54, 1.807) is 6.92 Å². The Balaban J connectivity index is 2.85. The van der Waals surface area contributed by atoms with Gasteiger partial charge in [-0.15, -0.1) is 0 Å². The van der Waals surface area contributed by atoms with Gasteiger partial charge >= 0.3 is 0 Å². The highest BCUT2D eigenvalue weighted by molar-refractivity contribution is 6.30. The fraction of sp³-hybridized carbons (Fsp3) is 0.462. The molecule has 0 N–H and O–H groups in total. The summed E-state index contributed by atoms with van der Waals surface area (Å²) in [6, 6.07) is 7.52. The SMILES string of the molecule is CCN(C)CC(C(C)=O)c1ccc(Cl)cc1. The lowest BCUT2D eigenvalue weighted by atomic mass is 9.95. The Hall–Kier alpha value is -0.860. The molecule has 1 rings (SSSR count). The van der Waals surface area contributed by atoms with Crippen molar-refractivity contribution in [2.45, 2.75) is 19.8 Å². The molecule has 1 aromatic rings. The Morgan fingerprint density at radius 3 is 2.38 bits per heavy atom. The van der Waals surface area contributed by atoms with Gasteiger partial charge in [0.15, 0.2) is 0 Å². The van der Waals surface area contributed by atoms with Crippen LogP contribution < -0.4 is 0 Å². The van der Waals surface area contributed by atoms with E-state index in [1.807, 2.05) is 31.3 Å². The number of halogens is 1. The number of nitrogens with zero attached hydrogens (tertiary/aromatic N) is 1. The third kappa shape index (κ3) is 3.62. The van der Waals surface area contributed by atoms with Gasteiger partial charge in [-0.25, -0.2) is 0 Å².